The summed E-state index contributed by atoms with van der Waals surface area (Å²) in [5.41, 5.74) is 0.267. The second-order valence-electron chi connectivity index (χ2n) is 5.72. The molecule has 1 fully saturated rings. The lowest BCUT2D eigenvalue weighted by Crippen LogP contribution is -2.49. The summed E-state index contributed by atoms with van der Waals surface area (Å²) in [5, 5.41) is 9.29. The molecule has 0 spiro atoms. The second kappa shape index (κ2) is 5.76. The molecule has 2 aliphatic rings. The van der Waals surface area contributed by atoms with Crippen molar-refractivity contribution in [3.8, 4) is 6.07 Å². The molecule has 1 aromatic heterocycles. The molecule has 3 heterocycles. The first-order chi connectivity index (χ1) is 11.3. The number of imide groups is 1. The molecule has 7 nitrogen and oxygen atoms in total. The number of hydrogen-bond donors (Lipinski definition) is 0. The normalized spacial score (nSPS) is 25.4. The van der Waals surface area contributed by atoms with Crippen molar-refractivity contribution in [3.63, 3.8) is 0 Å². The van der Waals surface area contributed by atoms with Crippen molar-refractivity contribution in [2.24, 2.45) is 0 Å². The molecular weight excluding hydrogens is 332 g/mol. The van der Waals surface area contributed by atoms with E-state index in [0.717, 1.165) is 4.90 Å². The summed E-state index contributed by atoms with van der Waals surface area (Å²) in [6.45, 7) is 1.52. The SMILES string of the molecule is CC1=C(C#N)C(=O)N([C@H]2CCS(=O)(=O)C2)C(=O)/C1=C/c1ccco1. The molecular formula is C16H14N2O5S. The Morgan fingerprint density at radius 3 is 2.67 bits per heavy atom. The Balaban J connectivity index is 2.08. The minimum atomic E-state index is -3.28. The van der Waals surface area contributed by atoms with Gasteiger partial charge in [0, 0.05) is 5.57 Å². The van der Waals surface area contributed by atoms with Gasteiger partial charge in [0.2, 0.25) is 0 Å². The summed E-state index contributed by atoms with van der Waals surface area (Å²) >= 11 is 0. The molecule has 0 bridgehead atoms. The highest BCUT2D eigenvalue weighted by atomic mass is 32.2. The lowest BCUT2D eigenvalue weighted by molar-refractivity contribution is -0.142. The molecule has 2 aliphatic heterocycles. The van der Waals surface area contributed by atoms with E-state index < -0.39 is 27.7 Å². The van der Waals surface area contributed by atoms with Gasteiger partial charge in [-0.1, -0.05) is 0 Å². The van der Waals surface area contributed by atoms with E-state index in [-0.39, 0.29) is 34.6 Å². The van der Waals surface area contributed by atoms with E-state index in [1.807, 2.05) is 6.07 Å². The van der Waals surface area contributed by atoms with Crippen molar-refractivity contribution >= 4 is 27.7 Å². The molecule has 124 valence electrons. The molecule has 8 heteroatoms. The summed E-state index contributed by atoms with van der Waals surface area (Å²) in [6, 6.07) is 4.37. The van der Waals surface area contributed by atoms with E-state index >= 15 is 0 Å². The molecule has 0 saturated carbocycles. The van der Waals surface area contributed by atoms with Gasteiger partial charge in [0.05, 0.1) is 23.8 Å². The van der Waals surface area contributed by atoms with E-state index in [2.05, 4.69) is 0 Å². The third-order valence-corrected chi connectivity index (χ3v) is 5.93. The number of carbonyl (C=O) groups is 2. The van der Waals surface area contributed by atoms with E-state index in [9.17, 15) is 23.3 Å². The Morgan fingerprint density at radius 1 is 1.38 bits per heavy atom. The van der Waals surface area contributed by atoms with Gasteiger partial charge in [-0.2, -0.15) is 5.26 Å². The first-order valence-electron chi connectivity index (χ1n) is 7.29. The average Bonchev–Trinajstić information content (AvgIpc) is 3.14. The molecule has 1 atom stereocenters. The molecule has 2 amide bonds. The molecule has 0 aromatic carbocycles. The third kappa shape index (κ3) is 2.67. The number of carbonyl (C=O) groups excluding carboxylic acids is 2. The van der Waals surface area contributed by atoms with Crippen molar-refractivity contribution in [1.29, 1.82) is 5.26 Å². The highest BCUT2D eigenvalue weighted by molar-refractivity contribution is 7.91. The lowest BCUT2D eigenvalue weighted by Gasteiger charge is -2.31. The van der Waals surface area contributed by atoms with Gasteiger partial charge in [-0.05, 0) is 37.1 Å². The Kier molecular flexibility index (Phi) is 3.89. The van der Waals surface area contributed by atoms with E-state index in [0.29, 0.717) is 5.76 Å². The highest BCUT2D eigenvalue weighted by Crippen LogP contribution is 2.31. The second-order valence-corrected chi connectivity index (χ2v) is 7.95. The monoisotopic (exact) mass is 346 g/mol. The van der Waals surface area contributed by atoms with Crippen LogP contribution in [0.5, 0.6) is 0 Å². The van der Waals surface area contributed by atoms with Gasteiger partial charge in [-0.3, -0.25) is 14.5 Å². The van der Waals surface area contributed by atoms with Crippen molar-refractivity contribution in [2.75, 3.05) is 11.5 Å². The number of nitriles is 1. The molecule has 24 heavy (non-hydrogen) atoms. The van der Waals surface area contributed by atoms with Crippen LogP contribution in [0.2, 0.25) is 0 Å². The van der Waals surface area contributed by atoms with Crippen LogP contribution in [0.4, 0.5) is 0 Å². The number of hydrogen-bond acceptors (Lipinski definition) is 6. The first-order valence-corrected chi connectivity index (χ1v) is 9.11. The molecule has 0 aliphatic carbocycles. The molecule has 1 aromatic rings. The zero-order valence-corrected chi connectivity index (χ0v) is 13.7. The summed E-state index contributed by atoms with van der Waals surface area (Å²) in [6.07, 6.45) is 3.08. The quantitative estimate of drug-likeness (QED) is 0.585. The summed E-state index contributed by atoms with van der Waals surface area (Å²) in [7, 11) is -3.28. The predicted octanol–water partition coefficient (Wildman–Crippen LogP) is 1.06. The van der Waals surface area contributed by atoms with Gasteiger partial charge >= 0.3 is 0 Å². The lowest BCUT2D eigenvalue weighted by atomic mass is 9.93. The van der Waals surface area contributed by atoms with Crippen LogP contribution in [-0.4, -0.2) is 42.7 Å². The minimum absolute atomic E-state index is 0.0729. The molecule has 1 saturated heterocycles. The van der Waals surface area contributed by atoms with Gasteiger partial charge in [0.1, 0.15) is 17.4 Å². The fraction of sp³-hybridized carbons (Fsp3) is 0.312. The van der Waals surface area contributed by atoms with E-state index in [4.69, 9.17) is 4.42 Å². The van der Waals surface area contributed by atoms with Crippen molar-refractivity contribution in [1.82, 2.24) is 4.90 Å². The maximum Gasteiger partial charge on any atom is 0.271 e. The Labute approximate surface area is 138 Å². The Bertz CT molecular complexity index is 916. The maximum absolute atomic E-state index is 12.8. The Morgan fingerprint density at radius 2 is 2.12 bits per heavy atom. The third-order valence-electron chi connectivity index (χ3n) is 4.18. The summed E-state index contributed by atoms with van der Waals surface area (Å²) in [4.78, 5) is 26.2. The zero-order chi connectivity index (χ0) is 17.5. The van der Waals surface area contributed by atoms with E-state index in [1.54, 1.807) is 12.1 Å². The smallest absolute Gasteiger partial charge is 0.271 e. The largest absolute Gasteiger partial charge is 0.465 e. The predicted molar refractivity (Wildman–Crippen MR) is 83.9 cm³/mol. The van der Waals surface area contributed by atoms with Gasteiger partial charge in [0.25, 0.3) is 11.8 Å². The fourth-order valence-electron chi connectivity index (χ4n) is 2.93. The van der Waals surface area contributed by atoms with Crippen LogP contribution in [0.15, 0.2) is 39.5 Å². The van der Waals surface area contributed by atoms with Crippen molar-refractivity contribution in [2.45, 2.75) is 19.4 Å². The van der Waals surface area contributed by atoms with Crippen molar-refractivity contribution < 1.29 is 22.4 Å². The van der Waals surface area contributed by atoms with Crippen LogP contribution in [-0.2, 0) is 19.4 Å². The molecule has 0 N–H and O–H groups in total. The number of rotatable bonds is 2. The maximum atomic E-state index is 12.8. The van der Waals surface area contributed by atoms with Gasteiger partial charge in [-0.15, -0.1) is 0 Å². The van der Waals surface area contributed by atoms with Crippen LogP contribution >= 0.6 is 0 Å². The van der Waals surface area contributed by atoms with Gasteiger partial charge in [-0.25, -0.2) is 8.42 Å². The van der Waals surface area contributed by atoms with Crippen LogP contribution < -0.4 is 0 Å². The van der Waals surface area contributed by atoms with Crippen molar-refractivity contribution in [3.05, 3.63) is 40.9 Å². The number of furan rings is 1. The van der Waals surface area contributed by atoms with Crippen LogP contribution in [0.3, 0.4) is 0 Å². The number of sulfone groups is 1. The van der Waals surface area contributed by atoms with Gasteiger partial charge < -0.3 is 4.42 Å². The number of amides is 2. The van der Waals surface area contributed by atoms with E-state index in [1.165, 1.54) is 19.3 Å². The average molecular weight is 346 g/mol. The molecule has 0 radical (unpaired) electrons. The molecule has 0 unspecified atom stereocenters. The summed E-state index contributed by atoms with van der Waals surface area (Å²) < 4.78 is 28.6. The molecule has 3 rings (SSSR count). The Hall–Kier alpha value is -2.66. The van der Waals surface area contributed by atoms with Crippen LogP contribution in [0.1, 0.15) is 19.1 Å². The topological polar surface area (TPSA) is 108 Å². The van der Waals surface area contributed by atoms with Crippen LogP contribution in [0.25, 0.3) is 6.08 Å². The minimum Gasteiger partial charge on any atom is -0.465 e. The van der Waals surface area contributed by atoms with Crippen LogP contribution in [0, 0.1) is 11.3 Å². The zero-order valence-electron chi connectivity index (χ0n) is 12.9. The number of nitrogens with zero attached hydrogens (tertiary/aromatic N) is 2. The standard InChI is InChI=1S/C16H14N2O5S/c1-10-13(7-12-3-2-5-23-12)15(19)18(16(20)14(10)8-17)11-4-6-24(21,22)9-11/h2-3,5,7,11H,4,6,9H2,1H3/b13-7+/t11-/m0/s1. The van der Waals surface area contributed by atoms with Gasteiger partial charge in [0.15, 0.2) is 9.84 Å². The summed E-state index contributed by atoms with van der Waals surface area (Å²) in [5.74, 6) is -1.27. The highest BCUT2D eigenvalue weighted by Gasteiger charge is 2.43. The fourth-order valence-corrected chi connectivity index (χ4v) is 4.63. The first kappa shape index (κ1) is 16.2.